The Bertz CT molecular complexity index is 464. The molecule has 2 rings (SSSR count). The van der Waals surface area contributed by atoms with Crippen LogP contribution in [0.3, 0.4) is 0 Å². The van der Waals surface area contributed by atoms with Crippen LogP contribution >= 0.6 is 0 Å². The number of aromatic nitrogens is 1. The molecule has 17 heavy (non-hydrogen) atoms. The number of sulfonamides is 1. The van der Waals surface area contributed by atoms with Crippen LogP contribution in [0.4, 0.5) is 5.82 Å². The minimum absolute atomic E-state index is 0.313. The van der Waals surface area contributed by atoms with Crippen molar-refractivity contribution in [2.45, 2.75) is 25.0 Å². The zero-order valence-corrected chi connectivity index (χ0v) is 10.6. The number of pyridine rings is 1. The number of piperidine rings is 1. The van der Waals surface area contributed by atoms with Crippen LogP contribution in [0.15, 0.2) is 18.3 Å². The van der Waals surface area contributed by atoms with E-state index in [4.69, 9.17) is 0 Å². The lowest BCUT2D eigenvalue weighted by Crippen LogP contribution is -2.38. The fraction of sp³-hybridized carbons (Fsp3) is 0.545. The Morgan fingerprint density at radius 3 is 2.65 bits per heavy atom. The Morgan fingerprint density at radius 1 is 1.35 bits per heavy atom. The molecule has 2 heterocycles. The summed E-state index contributed by atoms with van der Waals surface area (Å²) in [6.07, 6.45) is 2.96. The second kappa shape index (κ2) is 5.01. The number of rotatable bonds is 3. The monoisotopic (exact) mass is 255 g/mol. The number of hydrogen-bond acceptors (Lipinski definition) is 4. The molecular weight excluding hydrogens is 238 g/mol. The van der Waals surface area contributed by atoms with Gasteiger partial charge in [0.25, 0.3) is 0 Å². The van der Waals surface area contributed by atoms with Crippen molar-refractivity contribution in [1.29, 1.82) is 0 Å². The molecule has 1 aromatic heterocycles. The van der Waals surface area contributed by atoms with Gasteiger partial charge in [0, 0.05) is 6.20 Å². The fourth-order valence-corrected chi connectivity index (χ4v) is 3.30. The zero-order chi connectivity index (χ0) is 12.3. The van der Waals surface area contributed by atoms with E-state index < -0.39 is 10.0 Å². The van der Waals surface area contributed by atoms with Crippen molar-refractivity contribution in [3.05, 3.63) is 23.9 Å². The molecule has 1 aromatic rings. The SMILES string of the molecule is Cc1ccc(NS(=O)(=O)C2CCNCC2)nc1. The highest BCUT2D eigenvalue weighted by Crippen LogP contribution is 2.16. The summed E-state index contributed by atoms with van der Waals surface area (Å²) in [5, 5.41) is 2.84. The molecule has 0 radical (unpaired) electrons. The summed E-state index contributed by atoms with van der Waals surface area (Å²) in [5.74, 6) is 0.397. The molecule has 2 N–H and O–H groups in total. The molecule has 0 amide bonds. The van der Waals surface area contributed by atoms with Gasteiger partial charge in [0.15, 0.2) is 0 Å². The summed E-state index contributed by atoms with van der Waals surface area (Å²) in [4.78, 5) is 4.05. The average molecular weight is 255 g/mol. The van der Waals surface area contributed by atoms with E-state index in [2.05, 4.69) is 15.0 Å². The van der Waals surface area contributed by atoms with E-state index in [1.54, 1.807) is 12.3 Å². The van der Waals surface area contributed by atoms with E-state index in [9.17, 15) is 8.42 Å². The molecule has 1 saturated heterocycles. The molecule has 6 heteroatoms. The standard InChI is InChI=1S/C11H17N3O2S/c1-9-2-3-11(13-8-9)14-17(15,16)10-4-6-12-7-5-10/h2-3,8,10,12H,4-7H2,1H3,(H,13,14). The van der Waals surface area contributed by atoms with Crippen LogP contribution in [0.5, 0.6) is 0 Å². The molecule has 0 aromatic carbocycles. The third kappa shape index (κ3) is 3.17. The van der Waals surface area contributed by atoms with E-state index in [0.717, 1.165) is 18.7 Å². The normalized spacial score (nSPS) is 17.9. The number of aryl methyl sites for hydroxylation is 1. The van der Waals surface area contributed by atoms with Crippen LogP contribution in [-0.2, 0) is 10.0 Å². The lowest BCUT2D eigenvalue weighted by Gasteiger charge is -2.22. The third-order valence-electron chi connectivity index (χ3n) is 2.88. The van der Waals surface area contributed by atoms with Crippen molar-refractivity contribution < 1.29 is 8.42 Å². The van der Waals surface area contributed by atoms with Crippen LogP contribution in [0.2, 0.25) is 0 Å². The van der Waals surface area contributed by atoms with E-state index in [0.29, 0.717) is 18.7 Å². The molecule has 0 atom stereocenters. The molecule has 0 aliphatic carbocycles. The molecule has 0 bridgehead atoms. The first-order valence-corrected chi connectivity index (χ1v) is 7.27. The minimum Gasteiger partial charge on any atom is -0.317 e. The Hall–Kier alpha value is -1.14. The second-order valence-electron chi connectivity index (χ2n) is 4.32. The van der Waals surface area contributed by atoms with Crippen LogP contribution in [0, 0.1) is 6.92 Å². The van der Waals surface area contributed by atoms with Crippen molar-refractivity contribution >= 4 is 15.8 Å². The topological polar surface area (TPSA) is 71.1 Å². The van der Waals surface area contributed by atoms with Gasteiger partial charge in [-0.05, 0) is 44.5 Å². The van der Waals surface area contributed by atoms with Gasteiger partial charge in [0.1, 0.15) is 5.82 Å². The van der Waals surface area contributed by atoms with Crippen molar-refractivity contribution in [3.63, 3.8) is 0 Å². The molecule has 1 aliphatic heterocycles. The molecule has 5 nitrogen and oxygen atoms in total. The maximum absolute atomic E-state index is 12.1. The quantitative estimate of drug-likeness (QED) is 0.841. The lowest BCUT2D eigenvalue weighted by atomic mass is 10.2. The van der Waals surface area contributed by atoms with Crippen molar-refractivity contribution in [2.75, 3.05) is 17.8 Å². The summed E-state index contributed by atoms with van der Waals surface area (Å²) in [6.45, 7) is 3.43. The first-order chi connectivity index (χ1) is 8.08. The first kappa shape index (κ1) is 12.3. The summed E-state index contributed by atoms with van der Waals surface area (Å²) in [6, 6.07) is 3.53. The molecule has 0 unspecified atom stereocenters. The van der Waals surface area contributed by atoms with Gasteiger partial charge >= 0.3 is 0 Å². The Labute approximate surface area is 102 Å². The number of anilines is 1. The van der Waals surface area contributed by atoms with Crippen LogP contribution in [0.25, 0.3) is 0 Å². The van der Waals surface area contributed by atoms with E-state index >= 15 is 0 Å². The predicted octanol–water partition coefficient (Wildman–Crippen LogP) is 0.884. The highest BCUT2D eigenvalue weighted by molar-refractivity contribution is 7.93. The average Bonchev–Trinajstić information content (AvgIpc) is 2.33. The lowest BCUT2D eigenvalue weighted by molar-refractivity contribution is 0.499. The number of nitrogens with one attached hydrogen (secondary N) is 2. The highest BCUT2D eigenvalue weighted by Gasteiger charge is 2.27. The van der Waals surface area contributed by atoms with Gasteiger partial charge < -0.3 is 5.32 Å². The van der Waals surface area contributed by atoms with Crippen molar-refractivity contribution in [2.24, 2.45) is 0 Å². The smallest absolute Gasteiger partial charge is 0.236 e. The van der Waals surface area contributed by atoms with E-state index in [1.807, 2.05) is 13.0 Å². The van der Waals surface area contributed by atoms with Crippen molar-refractivity contribution in [3.8, 4) is 0 Å². The molecule has 1 aliphatic rings. The summed E-state index contributed by atoms with van der Waals surface area (Å²) >= 11 is 0. The van der Waals surface area contributed by atoms with Crippen LogP contribution in [-0.4, -0.2) is 31.7 Å². The van der Waals surface area contributed by atoms with E-state index in [1.165, 1.54) is 0 Å². The zero-order valence-electron chi connectivity index (χ0n) is 9.81. The van der Waals surface area contributed by atoms with Gasteiger partial charge in [-0.15, -0.1) is 0 Å². The maximum atomic E-state index is 12.1. The summed E-state index contributed by atoms with van der Waals surface area (Å²) in [7, 11) is -3.30. The molecule has 1 fully saturated rings. The highest BCUT2D eigenvalue weighted by atomic mass is 32.2. The summed E-state index contributed by atoms with van der Waals surface area (Å²) in [5.41, 5.74) is 1.01. The largest absolute Gasteiger partial charge is 0.317 e. The van der Waals surface area contributed by atoms with Gasteiger partial charge in [-0.25, -0.2) is 13.4 Å². The molecular formula is C11H17N3O2S. The molecule has 94 valence electrons. The van der Waals surface area contributed by atoms with Crippen molar-refractivity contribution in [1.82, 2.24) is 10.3 Å². The Morgan fingerprint density at radius 2 is 2.06 bits per heavy atom. The maximum Gasteiger partial charge on any atom is 0.236 e. The van der Waals surface area contributed by atoms with E-state index in [-0.39, 0.29) is 5.25 Å². The van der Waals surface area contributed by atoms with Gasteiger partial charge in [0.05, 0.1) is 5.25 Å². The third-order valence-corrected chi connectivity index (χ3v) is 4.73. The minimum atomic E-state index is -3.30. The first-order valence-electron chi connectivity index (χ1n) is 5.73. The fourth-order valence-electron chi connectivity index (χ4n) is 1.86. The van der Waals surface area contributed by atoms with Gasteiger partial charge in [-0.2, -0.15) is 0 Å². The Kier molecular flexibility index (Phi) is 3.63. The molecule has 0 spiro atoms. The summed E-state index contributed by atoms with van der Waals surface area (Å²) < 4.78 is 26.7. The van der Waals surface area contributed by atoms with Gasteiger partial charge in [0.2, 0.25) is 10.0 Å². The predicted molar refractivity (Wildman–Crippen MR) is 67.4 cm³/mol. The number of hydrogen-bond donors (Lipinski definition) is 2. The van der Waals surface area contributed by atoms with Gasteiger partial charge in [-0.3, -0.25) is 4.72 Å². The molecule has 0 saturated carbocycles. The van der Waals surface area contributed by atoms with Gasteiger partial charge in [-0.1, -0.05) is 6.07 Å². The number of nitrogens with zero attached hydrogens (tertiary/aromatic N) is 1. The Balaban J connectivity index is 2.08. The van der Waals surface area contributed by atoms with Crippen LogP contribution in [0.1, 0.15) is 18.4 Å². The second-order valence-corrected chi connectivity index (χ2v) is 6.28. The van der Waals surface area contributed by atoms with Crippen LogP contribution < -0.4 is 10.0 Å².